The van der Waals surface area contributed by atoms with E-state index in [2.05, 4.69) is 41.9 Å². The number of aromatic nitrogens is 1. The number of thiazole rings is 1. The van der Waals surface area contributed by atoms with Gasteiger partial charge in [-0.1, -0.05) is 29.8 Å². The molecule has 0 radical (unpaired) electrons. The molecular formula is C15H18N2S. The summed E-state index contributed by atoms with van der Waals surface area (Å²) in [5.41, 5.74) is 3.65. The molecule has 1 aliphatic rings. The normalized spacial score (nSPS) is 19.3. The van der Waals surface area contributed by atoms with Gasteiger partial charge in [0.05, 0.1) is 10.7 Å². The van der Waals surface area contributed by atoms with Crippen molar-refractivity contribution < 1.29 is 0 Å². The zero-order chi connectivity index (χ0) is 12.4. The van der Waals surface area contributed by atoms with Gasteiger partial charge in [-0.2, -0.15) is 0 Å². The molecule has 18 heavy (non-hydrogen) atoms. The molecule has 3 heteroatoms. The van der Waals surface area contributed by atoms with Crippen molar-refractivity contribution in [3.05, 3.63) is 40.2 Å². The summed E-state index contributed by atoms with van der Waals surface area (Å²) < 4.78 is 0. The minimum atomic E-state index is 0.780. The Kier molecular flexibility index (Phi) is 3.43. The average molecular weight is 258 g/mol. The molecule has 2 aromatic rings. The molecule has 0 bridgehead atoms. The van der Waals surface area contributed by atoms with E-state index in [1.54, 1.807) is 11.3 Å². The van der Waals surface area contributed by atoms with Crippen molar-refractivity contribution in [1.82, 2.24) is 10.3 Å². The van der Waals surface area contributed by atoms with E-state index in [-0.39, 0.29) is 0 Å². The topological polar surface area (TPSA) is 24.9 Å². The molecule has 1 unspecified atom stereocenters. The summed E-state index contributed by atoms with van der Waals surface area (Å²) >= 11 is 1.80. The Morgan fingerprint density at radius 1 is 1.33 bits per heavy atom. The van der Waals surface area contributed by atoms with Gasteiger partial charge in [0.2, 0.25) is 0 Å². The summed E-state index contributed by atoms with van der Waals surface area (Å²) in [5, 5.41) is 6.87. The number of hydrogen-bond donors (Lipinski definition) is 1. The number of rotatable bonds is 3. The molecule has 1 fully saturated rings. The average Bonchev–Trinajstić information content (AvgIpc) is 3.02. The lowest BCUT2D eigenvalue weighted by atomic mass is 10.1. The highest BCUT2D eigenvalue weighted by Crippen LogP contribution is 2.25. The molecule has 1 N–H and O–H groups in total. The maximum atomic E-state index is 4.76. The van der Waals surface area contributed by atoms with Crippen molar-refractivity contribution in [2.45, 2.75) is 19.8 Å². The van der Waals surface area contributed by atoms with Gasteiger partial charge in [0.15, 0.2) is 0 Å². The van der Waals surface area contributed by atoms with E-state index >= 15 is 0 Å². The highest BCUT2D eigenvalue weighted by atomic mass is 32.1. The summed E-state index contributed by atoms with van der Waals surface area (Å²) in [6.07, 6.45) is 2.42. The molecule has 0 aliphatic carbocycles. The molecule has 94 valence electrons. The Labute approximate surface area is 112 Å². The van der Waals surface area contributed by atoms with Gasteiger partial charge in [-0.3, -0.25) is 0 Å². The number of aryl methyl sites for hydroxylation is 1. The molecule has 1 aliphatic heterocycles. The molecule has 1 saturated heterocycles. The molecule has 1 atom stereocenters. The fraction of sp³-hybridized carbons (Fsp3) is 0.400. The van der Waals surface area contributed by atoms with Gasteiger partial charge >= 0.3 is 0 Å². The van der Waals surface area contributed by atoms with E-state index in [1.165, 1.54) is 29.1 Å². The monoisotopic (exact) mass is 258 g/mol. The first kappa shape index (κ1) is 11.9. The second kappa shape index (κ2) is 5.21. The van der Waals surface area contributed by atoms with E-state index in [1.807, 2.05) is 0 Å². The van der Waals surface area contributed by atoms with Gasteiger partial charge in [0.1, 0.15) is 0 Å². The van der Waals surface area contributed by atoms with Crippen LogP contribution in [-0.2, 0) is 6.42 Å². The van der Waals surface area contributed by atoms with Crippen molar-refractivity contribution in [2.24, 2.45) is 5.92 Å². The number of hydrogen-bond acceptors (Lipinski definition) is 3. The molecule has 3 rings (SSSR count). The Balaban J connectivity index is 1.74. The van der Waals surface area contributed by atoms with Gasteiger partial charge in [-0.15, -0.1) is 11.3 Å². The third-order valence-electron chi connectivity index (χ3n) is 3.52. The van der Waals surface area contributed by atoms with Crippen molar-refractivity contribution in [3.8, 4) is 11.3 Å². The van der Waals surface area contributed by atoms with Crippen LogP contribution in [0.5, 0.6) is 0 Å². The Hall–Kier alpha value is -1.19. The summed E-state index contributed by atoms with van der Waals surface area (Å²) in [5.74, 6) is 0.780. The maximum absolute atomic E-state index is 4.76. The lowest BCUT2D eigenvalue weighted by Gasteiger charge is -2.03. The predicted molar refractivity (Wildman–Crippen MR) is 77.0 cm³/mol. The summed E-state index contributed by atoms with van der Waals surface area (Å²) in [6.45, 7) is 4.43. The van der Waals surface area contributed by atoms with Crippen LogP contribution in [0.4, 0.5) is 0 Å². The fourth-order valence-corrected chi connectivity index (χ4v) is 3.32. The lowest BCUT2D eigenvalue weighted by molar-refractivity contribution is 0.578. The number of nitrogens with one attached hydrogen (secondary N) is 1. The van der Waals surface area contributed by atoms with E-state index < -0.39 is 0 Å². The third kappa shape index (κ3) is 2.62. The SMILES string of the molecule is Cc1ccc(-c2csc(CC3CCNC3)n2)cc1. The zero-order valence-corrected chi connectivity index (χ0v) is 11.5. The van der Waals surface area contributed by atoms with Crippen molar-refractivity contribution >= 4 is 11.3 Å². The molecule has 1 aromatic carbocycles. The summed E-state index contributed by atoms with van der Waals surface area (Å²) in [7, 11) is 0. The van der Waals surface area contributed by atoms with Crippen LogP contribution in [-0.4, -0.2) is 18.1 Å². The first-order valence-corrected chi connectivity index (χ1v) is 7.41. The first-order valence-electron chi connectivity index (χ1n) is 6.53. The highest BCUT2D eigenvalue weighted by molar-refractivity contribution is 7.09. The van der Waals surface area contributed by atoms with Gasteiger partial charge in [0, 0.05) is 17.4 Å². The van der Waals surface area contributed by atoms with Crippen molar-refractivity contribution in [2.75, 3.05) is 13.1 Å². The molecule has 0 amide bonds. The fourth-order valence-electron chi connectivity index (χ4n) is 2.40. The quantitative estimate of drug-likeness (QED) is 0.914. The molecule has 0 spiro atoms. The summed E-state index contributed by atoms with van der Waals surface area (Å²) in [6, 6.07) is 8.61. The predicted octanol–water partition coefficient (Wildman–Crippen LogP) is 3.27. The molecule has 2 heterocycles. The van der Waals surface area contributed by atoms with Crippen LogP contribution < -0.4 is 5.32 Å². The van der Waals surface area contributed by atoms with E-state index in [0.717, 1.165) is 24.6 Å². The van der Waals surface area contributed by atoms with Crippen LogP contribution >= 0.6 is 11.3 Å². The standard InChI is InChI=1S/C15H18N2S/c1-11-2-4-13(5-3-11)14-10-18-15(17-14)8-12-6-7-16-9-12/h2-5,10,12,16H,6-9H2,1H3. The van der Waals surface area contributed by atoms with Crippen LogP contribution in [0, 0.1) is 12.8 Å². The summed E-state index contributed by atoms with van der Waals surface area (Å²) in [4.78, 5) is 4.76. The van der Waals surface area contributed by atoms with Crippen molar-refractivity contribution in [3.63, 3.8) is 0 Å². The molecule has 0 saturated carbocycles. The third-order valence-corrected chi connectivity index (χ3v) is 4.40. The van der Waals surface area contributed by atoms with Crippen LogP contribution in [0.2, 0.25) is 0 Å². The zero-order valence-electron chi connectivity index (χ0n) is 10.6. The molecule has 2 nitrogen and oxygen atoms in total. The molecular weight excluding hydrogens is 240 g/mol. The Morgan fingerprint density at radius 2 is 2.17 bits per heavy atom. The van der Waals surface area contributed by atoms with E-state index in [9.17, 15) is 0 Å². The van der Waals surface area contributed by atoms with Gasteiger partial charge in [-0.25, -0.2) is 4.98 Å². The second-order valence-corrected chi connectivity index (χ2v) is 6.00. The van der Waals surface area contributed by atoms with Gasteiger partial charge in [-0.05, 0) is 32.4 Å². The first-order chi connectivity index (χ1) is 8.81. The van der Waals surface area contributed by atoms with Crippen LogP contribution in [0.15, 0.2) is 29.6 Å². The van der Waals surface area contributed by atoms with Crippen LogP contribution in [0.25, 0.3) is 11.3 Å². The van der Waals surface area contributed by atoms with Gasteiger partial charge in [0.25, 0.3) is 0 Å². The van der Waals surface area contributed by atoms with E-state index in [0.29, 0.717) is 0 Å². The lowest BCUT2D eigenvalue weighted by Crippen LogP contribution is -2.10. The minimum absolute atomic E-state index is 0.780. The number of benzene rings is 1. The Morgan fingerprint density at radius 3 is 2.89 bits per heavy atom. The second-order valence-electron chi connectivity index (χ2n) is 5.06. The smallest absolute Gasteiger partial charge is 0.0935 e. The van der Waals surface area contributed by atoms with Crippen molar-refractivity contribution in [1.29, 1.82) is 0 Å². The Bertz CT molecular complexity index is 510. The largest absolute Gasteiger partial charge is 0.316 e. The van der Waals surface area contributed by atoms with Gasteiger partial charge < -0.3 is 5.32 Å². The van der Waals surface area contributed by atoms with E-state index in [4.69, 9.17) is 4.98 Å². The number of nitrogens with zero attached hydrogens (tertiary/aromatic N) is 1. The minimum Gasteiger partial charge on any atom is -0.316 e. The molecule has 1 aromatic heterocycles. The highest BCUT2D eigenvalue weighted by Gasteiger charge is 2.16. The van der Waals surface area contributed by atoms with Crippen LogP contribution in [0.1, 0.15) is 17.0 Å². The maximum Gasteiger partial charge on any atom is 0.0935 e. The van der Waals surface area contributed by atoms with Crippen LogP contribution in [0.3, 0.4) is 0 Å².